The van der Waals surface area contributed by atoms with E-state index in [0.29, 0.717) is 10.2 Å². The Balaban J connectivity index is 2.02. The summed E-state index contributed by atoms with van der Waals surface area (Å²) in [5, 5.41) is 0. The first-order valence-corrected chi connectivity index (χ1v) is 9.01. The van der Waals surface area contributed by atoms with Crippen LogP contribution in [0.2, 0.25) is 0 Å². The predicted molar refractivity (Wildman–Crippen MR) is 78.2 cm³/mol. The second-order valence-corrected chi connectivity index (χ2v) is 7.66. The number of anilines is 1. The molecule has 1 aromatic rings. The molecule has 1 aliphatic carbocycles. The Morgan fingerprint density at radius 2 is 2.05 bits per heavy atom. The molecule has 1 N–H and O–H groups in total. The highest BCUT2D eigenvalue weighted by Gasteiger charge is 2.36. The number of aromatic nitrogens is 1. The van der Waals surface area contributed by atoms with E-state index in [2.05, 4.69) is 25.6 Å². The summed E-state index contributed by atoms with van der Waals surface area (Å²) in [4.78, 5) is 4.01. The van der Waals surface area contributed by atoms with Crippen LogP contribution in [0, 0.1) is 0 Å². The van der Waals surface area contributed by atoms with Crippen molar-refractivity contribution in [3.63, 3.8) is 0 Å². The summed E-state index contributed by atoms with van der Waals surface area (Å²) in [5.74, 6) is -2.34. The molecular weight excluding hydrogens is 370 g/mol. The summed E-state index contributed by atoms with van der Waals surface area (Å²) in [7, 11) is -3.38. The lowest BCUT2D eigenvalue weighted by molar-refractivity contribution is -0.0589. The van der Waals surface area contributed by atoms with Crippen molar-refractivity contribution >= 4 is 31.6 Å². The zero-order valence-electron chi connectivity index (χ0n) is 11.3. The van der Waals surface area contributed by atoms with E-state index in [0.717, 1.165) is 6.26 Å². The van der Waals surface area contributed by atoms with Gasteiger partial charge in [-0.15, -0.1) is 0 Å². The van der Waals surface area contributed by atoms with Gasteiger partial charge in [0.15, 0.2) is 0 Å². The van der Waals surface area contributed by atoms with Gasteiger partial charge in [-0.1, -0.05) is 0 Å². The minimum atomic E-state index is -3.38. The number of nitrogens with zero attached hydrogens (tertiary/aromatic N) is 1. The van der Waals surface area contributed by atoms with E-state index in [1.165, 1.54) is 12.3 Å². The highest BCUT2D eigenvalue weighted by molar-refractivity contribution is 9.10. The zero-order valence-corrected chi connectivity index (χ0v) is 13.7. The van der Waals surface area contributed by atoms with Gasteiger partial charge in [0.25, 0.3) is 0 Å². The standard InChI is InChI=1S/C12H15BrF2N2O3S/c1-21(18,19)17-8-6-10(13)11(16-7-8)20-9-2-4-12(14,15)5-3-9/h6-7,9,17H,2-5H2,1H3. The fraction of sp³-hybridized carbons (Fsp3) is 0.583. The lowest BCUT2D eigenvalue weighted by atomic mass is 9.94. The molecule has 0 radical (unpaired) electrons. The first kappa shape index (κ1) is 16.4. The van der Waals surface area contributed by atoms with Crippen LogP contribution >= 0.6 is 15.9 Å². The molecule has 118 valence electrons. The first-order chi connectivity index (χ1) is 9.65. The molecule has 0 atom stereocenters. The molecule has 1 fully saturated rings. The molecule has 2 rings (SSSR count). The number of alkyl halides is 2. The Morgan fingerprint density at radius 1 is 1.43 bits per heavy atom. The molecule has 1 heterocycles. The maximum atomic E-state index is 13.1. The fourth-order valence-electron chi connectivity index (χ4n) is 2.07. The Bertz CT molecular complexity index is 615. The smallest absolute Gasteiger partial charge is 0.248 e. The van der Waals surface area contributed by atoms with Crippen molar-refractivity contribution in [2.24, 2.45) is 0 Å². The van der Waals surface area contributed by atoms with Gasteiger partial charge in [0.2, 0.25) is 21.8 Å². The van der Waals surface area contributed by atoms with Gasteiger partial charge in [-0.25, -0.2) is 22.2 Å². The van der Waals surface area contributed by atoms with E-state index in [9.17, 15) is 17.2 Å². The van der Waals surface area contributed by atoms with E-state index >= 15 is 0 Å². The number of hydrogen-bond donors (Lipinski definition) is 1. The quantitative estimate of drug-likeness (QED) is 0.865. The van der Waals surface area contributed by atoms with Gasteiger partial charge in [-0.2, -0.15) is 0 Å². The van der Waals surface area contributed by atoms with Crippen molar-refractivity contribution in [3.05, 3.63) is 16.7 Å². The lowest BCUT2D eigenvalue weighted by Crippen LogP contribution is -2.31. The van der Waals surface area contributed by atoms with E-state index in [1.54, 1.807) is 0 Å². The van der Waals surface area contributed by atoms with Crippen molar-refractivity contribution < 1.29 is 21.9 Å². The third kappa shape index (κ3) is 5.06. The molecule has 9 heteroatoms. The summed E-state index contributed by atoms with van der Waals surface area (Å²) in [6, 6.07) is 1.51. The molecule has 0 bridgehead atoms. The van der Waals surface area contributed by atoms with Crippen LogP contribution in [0.25, 0.3) is 0 Å². The van der Waals surface area contributed by atoms with E-state index < -0.39 is 15.9 Å². The number of ether oxygens (including phenoxy) is 1. The second kappa shape index (κ2) is 6.04. The minimum Gasteiger partial charge on any atom is -0.474 e. The van der Waals surface area contributed by atoms with E-state index in [4.69, 9.17) is 4.74 Å². The van der Waals surface area contributed by atoms with Gasteiger partial charge >= 0.3 is 0 Å². The topological polar surface area (TPSA) is 68.3 Å². The van der Waals surface area contributed by atoms with Crippen LogP contribution in [0.15, 0.2) is 16.7 Å². The van der Waals surface area contributed by atoms with Crippen LogP contribution < -0.4 is 9.46 Å². The van der Waals surface area contributed by atoms with Gasteiger partial charge in [-0.05, 0) is 34.8 Å². The average Bonchev–Trinajstić information content (AvgIpc) is 2.33. The highest BCUT2D eigenvalue weighted by Crippen LogP contribution is 2.36. The molecule has 0 aromatic carbocycles. The summed E-state index contributed by atoms with van der Waals surface area (Å²) in [5.41, 5.74) is 0.298. The van der Waals surface area contributed by atoms with Crippen LogP contribution in [0.3, 0.4) is 0 Å². The number of rotatable bonds is 4. The molecule has 0 spiro atoms. The normalized spacial score (nSPS) is 19.2. The molecule has 0 aliphatic heterocycles. The van der Waals surface area contributed by atoms with Crippen LogP contribution in [-0.4, -0.2) is 31.7 Å². The minimum absolute atomic E-state index is 0.191. The molecule has 0 saturated heterocycles. The molecule has 0 unspecified atom stereocenters. The Kier molecular flexibility index (Phi) is 4.72. The first-order valence-electron chi connectivity index (χ1n) is 6.32. The van der Waals surface area contributed by atoms with Crippen molar-refractivity contribution in [1.82, 2.24) is 4.98 Å². The number of hydrogen-bond acceptors (Lipinski definition) is 4. The number of halogens is 3. The van der Waals surface area contributed by atoms with Crippen LogP contribution in [-0.2, 0) is 10.0 Å². The molecule has 5 nitrogen and oxygen atoms in total. The maximum Gasteiger partial charge on any atom is 0.248 e. The number of sulfonamides is 1. The van der Waals surface area contributed by atoms with Gasteiger partial charge in [0.05, 0.1) is 22.6 Å². The summed E-state index contributed by atoms with van der Waals surface area (Å²) in [6.45, 7) is 0. The number of nitrogens with one attached hydrogen (secondary N) is 1. The predicted octanol–water partition coefficient (Wildman–Crippen LogP) is 3.17. The number of pyridine rings is 1. The van der Waals surface area contributed by atoms with Crippen LogP contribution in [0.5, 0.6) is 5.88 Å². The van der Waals surface area contributed by atoms with Gasteiger partial charge in [0.1, 0.15) is 6.10 Å². The highest BCUT2D eigenvalue weighted by atomic mass is 79.9. The molecule has 0 amide bonds. The van der Waals surface area contributed by atoms with Gasteiger partial charge in [0, 0.05) is 12.8 Å². The van der Waals surface area contributed by atoms with Crippen molar-refractivity contribution in [2.75, 3.05) is 11.0 Å². The van der Waals surface area contributed by atoms with Crippen molar-refractivity contribution in [1.29, 1.82) is 0 Å². The third-order valence-electron chi connectivity index (χ3n) is 3.05. The van der Waals surface area contributed by atoms with Gasteiger partial charge in [-0.3, -0.25) is 4.72 Å². The van der Waals surface area contributed by atoms with Crippen LogP contribution in [0.1, 0.15) is 25.7 Å². The van der Waals surface area contributed by atoms with Crippen molar-refractivity contribution in [2.45, 2.75) is 37.7 Å². The van der Waals surface area contributed by atoms with Gasteiger partial charge < -0.3 is 4.74 Å². The second-order valence-electron chi connectivity index (χ2n) is 5.06. The summed E-state index contributed by atoms with van der Waals surface area (Å²) >= 11 is 3.23. The fourth-order valence-corrected chi connectivity index (χ4v) is 3.05. The lowest BCUT2D eigenvalue weighted by Gasteiger charge is -2.28. The van der Waals surface area contributed by atoms with E-state index in [-0.39, 0.29) is 37.7 Å². The summed E-state index contributed by atoms with van der Waals surface area (Å²) in [6.07, 6.45) is 2.20. The zero-order chi connectivity index (χ0) is 15.7. The molecule has 1 saturated carbocycles. The largest absolute Gasteiger partial charge is 0.474 e. The van der Waals surface area contributed by atoms with E-state index in [1.807, 2.05) is 0 Å². The molecular formula is C12H15BrF2N2O3S. The Hall–Kier alpha value is -0.960. The maximum absolute atomic E-state index is 13.1. The Morgan fingerprint density at radius 3 is 2.57 bits per heavy atom. The third-order valence-corrected chi connectivity index (χ3v) is 4.23. The molecule has 21 heavy (non-hydrogen) atoms. The molecule has 1 aliphatic rings. The molecule has 1 aromatic heterocycles. The SMILES string of the molecule is CS(=O)(=O)Nc1cnc(OC2CCC(F)(F)CC2)c(Br)c1. The van der Waals surface area contributed by atoms with Crippen LogP contribution in [0.4, 0.5) is 14.5 Å². The average molecular weight is 385 g/mol. The monoisotopic (exact) mass is 384 g/mol. The summed E-state index contributed by atoms with van der Waals surface area (Å²) < 4.78 is 56.7. The van der Waals surface area contributed by atoms with Crippen molar-refractivity contribution in [3.8, 4) is 5.88 Å². The Labute approximate surface area is 130 Å².